The molecule has 2 aromatic rings. The number of quaternary nitrogens is 1. The van der Waals surface area contributed by atoms with Crippen molar-refractivity contribution >= 4 is 29.4 Å². The van der Waals surface area contributed by atoms with Gasteiger partial charge < -0.3 is 20.0 Å². The number of carbonyl (C=O) groups excluding carboxylic acids is 2. The molecule has 1 heterocycles. The number of hydrogen-bond donors (Lipinski definition) is 1. The van der Waals surface area contributed by atoms with E-state index in [1.54, 1.807) is 29.6 Å². The number of non-ortho nitro benzene ring substituents is 1. The number of thioether (sulfide) groups is 1. The van der Waals surface area contributed by atoms with Gasteiger partial charge in [-0.1, -0.05) is 11.8 Å². The average Bonchev–Trinajstić information content (AvgIpc) is 3.13. The van der Waals surface area contributed by atoms with Crippen LogP contribution in [0.25, 0.3) is 0 Å². The number of nitro groups is 1. The lowest BCUT2D eigenvalue weighted by Crippen LogP contribution is -2.90. The van der Waals surface area contributed by atoms with E-state index >= 15 is 0 Å². The first kappa shape index (κ1) is 17.9. The molecule has 1 fully saturated rings. The number of carboxylic acids is 1. The smallest absolute Gasteiger partial charge is 0.343 e. The SMILES string of the molecule is O=C(Oc1ccc([C@H]2[NH2+][C@@H](C(=O)[O-])CS2)cc1)c1ccc([N+](=O)[O-])cc1. The number of nitro benzene ring substituents is 1. The van der Waals surface area contributed by atoms with Crippen LogP contribution < -0.4 is 15.2 Å². The predicted molar refractivity (Wildman–Crippen MR) is 90.4 cm³/mol. The Hall–Kier alpha value is -2.91. The number of ether oxygens (including phenoxy) is 1. The topological polar surface area (TPSA) is 126 Å². The highest BCUT2D eigenvalue weighted by Crippen LogP contribution is 2.28. The number of benzene rings is 2. The van der Waals surface area contributed by atoms with Crippen LogP contribution in [0.4, 0.5) is 5.69 Å². The number of hydrogen-bond acceptors (Lipinski definition) is 7. The first-order valence-electron chi connectivity index (χ1n) is 7.68. The molecule has 2 aromatic carbocycles. The molecule has 9 heteroatoms. The zero-order valence-corrected chi connectivity index (χ0v) is 14.2. The van der Waals surface area contributed by atoms with Gasteiger partial charge in [-0.15, -0.1) is 0 Å². The highest BCUT2D eigenvalue weighted by atomic mass is 32.2. The molecular weight excluding hydrogens is 360 g/mol. The molecule has 1 aliphatic rings. The molecule has 3 rings (SSSR count). The third-order valence-corrected chi connectivity index (χ3v) is 5.24. The Kier molecular flexibility index (Phi) is 5.19. The number of carbonyl (C=O) groups is 2. The van der Waals surface area contributed by atoms with Crippen LogP contribution in [0.5, 0.6) is 5.75 Å². The zero-order valence-electron chi connectivity index (χ0n) is 13.4. The van der Waals surface area contributed by atoms with E-state index in [1.165, 1.54) is 36.0 Å². The minimum Gasteiger partial charge on any atom is -0.544 e. The Morgan fingerprint density at radius 3 is 2.31 bits per heavy atom. The Morgan fingerprint density at radius 2 is 1.77 bits per heavy atom. The summed E-state index contributed by atoms with van der Waals surface area (Å²) in [6, 6.07) is 11.4. The fourth-order valence-electron chi connectivity index (χ4n) is 2.49. The molecule has 0 saturated carbocycles. The van der Waals surface area contributed by atoms with Crippen LogP contribution in [-0.2, 0) is 4.79 Å². The van der Waals surface area contributed by atoms with Crippen molar-refractivity contribution in [2.24, 2.45) is 0 Å². The van der Waals surface area contributed by atoms with Crippen molar-refractivity contribution in [3.8, 4) is 5.75 Å². The van der Waals surface area contributed by atoms with Crippen molar-refractivity contribution in [3.05, 3.63) is 69.8 Å². The van der Waals surface area contributed by atoms with Crippen LogP contribution in [0.3, 0.4) is 0 Å². The molecule has 0 radical (unpaired) electrons. The van der Waals surface area contributed by atoms with E-state index in [1.807, 2.05) is 0 Å². The second-order valence-corrected chi connectivity index (χ2v) is 6.81. The van der Waals surface area contributed by atoms with E-state index in [4.69, 9.17) is 4.74 Å². The van der Waals surface area contributed by atoms with Gasteiger partial charge in [-0.3, -0.25) is 10.1 Å². The van der Waals surface area contributed by atoms with Gasteiger partial charge in [-0.05, 0) is 36.4 Å². The molecule has 1 saturated heterocycles. The van der Waals surface area contributed by atoms with Crippen LogP contribution in [0, 0.1) is 10.1 Å². The number of rotatable bonds is 5. The van der Waals surface area contributed by atoms with Crippen LogP contribution >= 0.6 is 11.8 Å². The maximum absolute atomic E-state index is 12.1. The second-order valence-electron chi connectivity index (χ2n) is 5.63. The third-order valence-electron chi connectivity index (χ3n) is 3.90. The van der Waals surface area contributed by atoms with E-state index in [9.17, 15) is 24.8 Å². The lowest BCUT2D eigenvalue weighted by atomic mass is 10.2. The molecule has 0 unspecified atom stereocenters. The molecule has 8 nitrogen and oxygen atoms in total. The summed E-state index contributed by atoms with van der Waals surface area (Å²) in [6.45, 7) is 0. The molecule has 134 valence electrons. The number of carboxylic acid groups (broad SMARTS) is 1. The molecular formula is C17H14N2O6S. The van der Waals surface area contributed by atoms with Crippen LogP contribution in [0.2, 0.25) is 0 Å². The largest absolute Gasteiger partial charge is 0.544 e. The first-order valence-corrected chi connectivity index (χ1v) is 8.73. The Balaban J connectivity index is 1.63. The van der Waals surface area contributed by atoms with Gasteiger partial charge in [0.1, 0.15) is 17.8 Å². The van der Waals surface area contributed by atoms with Gasteiger partial charge in [0.05, 0.1) is 16.2 Å². The molecule has 0 aromatic heterocycles. The fourth-order valence-corrected chi connectivity index (χ4v) is 3.81. The quantitative estimate of drug-likeness (QED) is 0.344. The molecule has 0 amide bonds. The highest BCUT2D eigenvalue weighted by molar-refractivity contribution is 7.99. The van der Waals surface area contributed by atoms with Crippen molar-refractivity contribution < 1.29 is 29.7 Å². The minimum atomic E-state index is -1.08. The van der Waals surface area contributed by atoms with E-state index in [2.05, 4.69) is 0 Å². The van der Waals surface area contributed by atoms with Crippen molar-refractivity contribution in [1.29, 1.82) is 0 Å². The summed E-state index contributed by atoms with van der Waals surface area (Å²) in [7, 11) is 0. The highest BCUT2D eigenvalue weighted by Gasteiger charge is 2.30. The summed E-state index contributed by atoms with van der Waals surface area (Å²) < 4.78 is 5.25. The Labute approximate surface area is 152 Å². The molecule has 26 heavy (non-hydrogen) atoms. The van der Waals surface area contributed by atoms with Gasteiger partial charge in [-0.2, -0.15) is 0 Å². The standard InChI is InChI=1S/C17H14N2O6S/c20-16(21)14-9-26-15(18-14)10-3-7-13(8-4-10)25-17(22)11-1-5-12(6-2-11)19(23)24/h1-8,14-15,18H,9H2,(H,20,21)/t14-,15+/m1/s1. The lowest BCUT2D eigenvalue weighted by Gasteiger charge is -2.11. The molecule has 2 N–H and O–H groups in total. The van der Waals surface area contributed by atoms with Gasteiger partial charge >= 0.3 is 5.97 Å². The summed E-state index contributed by atoms with van der Waals surface area (Å²) in [5.41, 5.74) is 1.01. The van der Waals surface area contributed by atoms with Crippen molar-refractivity contribution in [1.82, 2.24) is 0 Å². The Morgan fingerprint density at radius 1 is 1.12 bits per heavy atom. The number of esters is 1. The summed E-state index contributed by atoms with van der Waals surface area (Å²) in [4.78, 5) is 33.1. The van der Waals surface area contributed by atoms with Crippen LogP contribution in [0.15, 0.2) is 48.5 Å². The van der Waals surface area contributed by atoms with E-state index in [-0.39, 0.29) is 16.6 Å². The third kappa shape index (κ3) is 4.01. The fraction of sp³-hybridized carbons (Fsp3) is 0.176. The predicted octanol–water partition coefficient (Wildman–Crippen LogP) is 0.241. The van der Waals surface area contributed by atoms with E-state index < -0.39 is 22.9 Å². The molecule has 0 bridgehead atoms. The van der Waals surface area contributed by atoms with Gasteiger partial charge in [0, 0.05) is 17.7 Å². The lowest BCUT2D eigenvalue weighted by molar-refractivity contribution is -0.690. The normalized spacial score (nSPS) is 19.1. The maximum Gasteiger partial charge on any atom is 0.343 e. The summed E-state index contributed by atoms with van der Waals surface area (Å²) in [6.07, 6.45) is 0. The monoisotopic (exact) mass is 374 g/mol. The molecule has 0 spiro atoms. The number of nitrogens with zero attached hydrogens (tertiary/aromatic N) is 1. The van der Waals surface area contributed by atoms with Crippen molar-refractivity contribution in [2.45, 2.75) is 11.4 Å². The summed E-state index contributed by atoms with van der Waals surface area (Å²) >= 11 is 1.51. The van der Waals surface area contributed by atoms with Gasteiger partial charge in [0.25, 0.3) is 5.69 Å². The van der Waals surface area contributed by atoms with Crippen LogP contribution in [0.1, 0.15) is 21.3 Å². The number of nitrogens with two attached hydrogens (primary N) is 1. The van der Waals surface area contributed by atoms with Gasteiger partial charge in [0.2, 0.25) is 0 Å². The van der Waals surface area contributed by atoms with Gasteiger partial charge in [0.15, 0.2) is 5.37 Å². The minimum absolute atomic E-state index is 0.0441. The first-order chi connectivity index (χ1) is 12.4. The zero-order chi connectivity index (χ0) is 18.7. The molecule has 2 atom stereocenters. The summed E-state index contributed by atoms with van der Waals surface area (Å²) in [5, 5.41) is 23.2. The van der Waals surface area contributed by atoms with E-state index in [0.29, 0.717) is 11.5 Å². The van der Waals surface area contributed by atoms with Crippen LogP contribution in [-0.4, -0.2) is 28.7 Å². The molecule has 1 aliphatic heterocycles. The number of aliphatic carboxylic acids is 1. The average molecular weight is 374 g/mol. The van der Waals surface area contributed by atoms with Crippen molar-refractivity contribution in [3.63, 3.8) is 0 Å². The Bertz CT molecular complexity index is 837. The van der Waals surface area contributed by atoms with Gasteiger partial charge in [-0.25, -0.2) is 4.79 Å². The second kappa shape index (κ2) is 7.54. The maximum atomic E-state index is 12.1. The molecule has 0 aliphatic carbocycles. The van der Waals surface area contributed by atoms with E-state index in [0.717, 1.165) is 5.56 Å². The summed E-state index contributed by atoms with van der Waals surface area (Å²) in [5.74, 6) is -0.888. The van der Waals surface area contributed by atoms with Crippen molar-refractivity contribution in [2.75, 3.05) is 5.75 Å².